The summed E-state index contributed by atoms with van der Waals surface area (Å²) in [5, 5.41) is 0.531. The van der Waals surface area contributed by atoms with Gasteiger partial charge < -0.3 is 4.57 Å². The lowest BCUT2D eigenvalue weighted by Gasteiger charge is -2.12. The second kappa shape index (κ2) is 4.62. The van der Waals surface area contributed by atoms with Gasteiger partial charge in [0.05, 0.1) is 5.52 Å². The maximum absolute atomic E-state index is 12.0. The normalized spacial score (nSPS) is 10.6. The van der Waals surface area contributed by atoms with Crippen LogP contribution in [0.25, 0.3) is 10.9 Å². The lowest BCUT2D eigenvalue weighted by Crippen LogP contribution is -2.30. The van der Waals surface area contributed by atoms with Crippen LogP contribution in [-0.4, -0.2) is 10.5 Å². The fourth-order valence-corrected chi connectivity index (χ4v) is 2.15. The smallest absolute Gasteiger partial charge is 0.265 e. The fraction of sp³-hybridized carbons (Fsp3) is 0.231. The summed E-state index contributed by atoms with van der Waals surface area (Å²) in [4.78, 5) is 23.4. The highest BCUT2D eigenvalue weighted by Crippen LogP contribution is 2.15. The molecule has 0 radical (unpaired) electrons. The molecule has 0 bridgehead atoms. The molecule has 0 aliphatic rings. The fourth-order valence-electron chi connectivity index (χ4n) is 2.15. The molecule has 94 valence electrons. The summed E-state index contributed by atoms with van der Waals surface area (Å²) in [5.74, 6) is 4.68. The van der Waals surface area contributed by atoms with Gasteiger partial charge in [0.1, 0.15) is 0 Å². The maximum Gasteiger partial charge on any atom is 0.265 e. The monoisotopic (exact) mass is 245 g/mol. The van der Waals surface area contributed by atoms with Crippen molar-refractivity contribution in [2.45, 2.75) is 20.4 Å². The molecule has 1 amide bonds. The van der Waals surface area contributed by atoms with Crippen LogP contribution in [0, 0.1) is 6.92 Å². The van der Waals surface area contributed by atoms with Crippen molar-refractivity contribution in [3.05, 3.63) is 45.7 Å². The Morgan fingerprint density at radius 2 is 2.11 bits per heavy atom. The zero-order chi connectivity index (χ0) is 13.3. The number of aryl methyl sites for hydroxylation is 2. The first kappa shape index (κ1) is 12.3. The lowest BCUT2D eigenvalue weighted by molar-refractivity contribution is 0.0954. The number of amides is 1. The predicted molar refractivity (Wildman–Crippen MR) is 70.3 cm³/mol. The summed E-state index contributed by atoms with van der Waals surface area (Å²) in [6, 6.07) is 6.59. The Hall–Kier alpha value is -2.14. The Kier molecular flexibility index (Phi) is 3.16. The van der Waals surface area contributed by atoms with Gasteiger partial charge in [0.2, 0.25) is 0 Å². The van der Waals surface area contributed by atoms with Crippen LogP contribution in [0.15, 0.2) is 29.1 Å². The van der Waals surface area contributed by atoms with Gasteiger partial charge in [-0.1, -0.05) is 0 Å². The van der Waals surface area contributed by atoms with Crippen LogP contribution < -0.4 is 16.7 Å². The van der Waals surface area contributed by atoms with Crippen molar-refractivity contribution in [2.24, 2.45) is 5.84 Å². The van der Waals surface area contributed by atoms with Crippen molar-refractivity contribution in [3.63, 3.8) is 0 Å². The van der Waals surface area contributed by atoms with E-state index in [4.69, 9.17) is 5.84 Å². The standard InChI is InChI=1S/C13H15N3O2/c1-3-16-8(2)6-12(17)10-7-9(13(18)15-14)4-5-11(10)16/h4-7H,3,14H2,1-2H3,(H,15,18). The molecule has 18 heavy (non-hydrogen) atoms. The maximum atomic E-state index is 12.0. The number of carbonyl (C=O) groups is 1. The van der Waals surface area contributed by atoms with Gasteiger partial charge >= 0.3 is 0 Å². The molecule has 0 aliphatic heterocycles. The highest BCUT2D eigenvalue weighted by atomic mass is 16.2. The Morgan fingerprint density at radius 1 is 1.39 bits per heavy atom. The number of pyridine rings is 1. The van der Waals surface area contributed by atoms with Crippen molar-refractivity contribution in [1.82, 2.24) is 9.99 Å². The largest absolute Gasteiger partial charge is 0.345 e. The number of rotatable bonds is 2. The molecule has 0 spiro atoms. The number of fused-ring (bicyclic) bond motifs is 1. The second-order valence-corrected chi connectivity index (χ2v) is 4.10. The number of hydrogen-bond donors (Lipinski definition) is 2. The van der Waals surface area contributed by atoms with Gasteiger partial charge in [0.15, 0.2) is 5.43 Å². The minimum atomic E-state index is -0.403. The van der Waals surface area contributed by atoms with Crippen molar-refractivity contribution in [3.8, 4) is 0 Å². The van der Waals surface area contributed by atoms with Crippen molar-refractivity contribution >= 4 is 16.8 Å². The third kappa shape index (κ3) is 1.89. The number of nitrogens with one attached hydrogen (secondary N) is 1. The van der Waals surface area contributed by atoms with E-state index in [-0.39, 0.29) is 5.43 Å². The predicted octanol–water partition coefficient (Wildman–Crippen LogP) is 0.933. The Balaban J connectivity index is 2.79. The third-order valence-electron chi connectivity index (χ3n) is 3.03. The number of benzene rings is 1. The minimum absolute atomic E-state index is 0.0844. The SMILES string of the molecule is CCn1c(C)cc(=O)c2cc(C(=O)NN)ccc21. The summed E-state index contributed by atoms with van der Waals surface area (Å²) in [5.41, 5.74) is 4.09. The first-order valence-corrected chi connectivity index (χ1v) is 5.73. The van der Waals surface area contributed by atoms with Gasteiger partial charge in [-0.15, -0.1) is 0 Å². The van der Waals surface area contributed by atoms with Crippen LogP contribution in [0.4, 0.5) is 0 Å². The molecule has 1 heterocycles. The highest BCUT2D eigenvalue weighted by molar-refractivity contribution is 5.97. The Bertz CT molecular complexity index is 674. The molecule has 1 aromatic heterocycles. The summed E-state index contributed by atoms with van der Waals surface area (Å²) in [6.07, 6.45) is 0. The summed E-state index contributed by atoms with van der Waals surface area (Å²) in [6.45, 7) is 4.67. The van der Waals surface area contributed by atoms with E-state index in [0.29, 0.717) is 10.9 Å². The van der Waals surface area contributed by atoms with Gasteiger partial charge in [0, 0.05) is 29.3 Å². The minimum Gasteiger partial charge on any atom is -0.345 e. The molecule has 3 N–H and O–H groups in total. The van der Waals surface area contributed by atoms with Crippen molar-refractivity contribution < 1.29 is 4.79 Å². The quantitative estimate of drug-likeness (QED) is 0.469. The first-order chi connectivity index (χ1) is 8.58. The number of nitrogen functional groups attached to an aromatic ring is 1. The van der Waals surface area contributed by atoms with Crippen molar-refractivity contribution in [2.75, 3.05) is 0 Å². The lowest BCUT2D eigenvalue weighted by atomic mass is 10.1. The molecule has 0 saturated carbocycles. The molecule has 1 aromatic carbocycles. The number of hydrazine groups is 1. The number of nitrogens with two attached hydrogens (primary N) is 1. The zero-order valence-electron chi connectivity index (χ0n) is 10.4. The van der Waals surface area contributed by atoms with E-state index >= 15 is 0 Å². The first-order valence-electron chi connectivity index (χ1n) is 5.73. The van der Waals surface area contributed by atoms with Gasteiger partial charge in [-0.3, -0.25) is 15.0 Å². The van der Waals surface area contributed by atoms with Crippen LogP contribution in [0.2, 0.25) is 0 Å². The van der Waals surface area contributed by atoms with Crippen LogP contribution in [-0.2, 0) is 6.54 Å². The molecular weight excluding hydrogens is 230 g/mol. The number of carbonyl (C=O) groups excluding carboxylic acids is 1. The van der Waals surface area contributed by atoms with Crippen LogP contribution >= 0.6 is 0 Å². The molecule has 0 atom stereocenters. The molecule has 2 aromatic rings. The molecule has 5 nitrogen and oxygen atoms in total. The van der Waals surface area contributed by atoms with E-state index in [2.05, 4.69) is 5.43 Å². The molecule has 2 rings (SSSR count). The molecule has 0 saturated heterocycles. The van der Waals surface area contributed by atoms with Crippen LogP contribution in [0.1, 0.15) is 23.0 Å². The van der Waals surface area contributed by atoms with Gasteiger partial charge in [-0.05, 0) is 32.0 Å². The van der Waals surface area contributed by atoms with Crippen LogP contribution in [0.5, 0.6) is 0 Å². The molecule has 0 unspecified atom stereocenters. The number of hydrogen-bond acceptors (Lipinski definition) is 3. The molecule has 0 aliphatic carbocycles. The summed E-state index contributed by atoms with van der Waals surface area (Å²) >= 11 is 0. The topological polar surface area (TPSA) is 77.1 Å². The highest BCUT2D eigenvalue weighted by Gasteiger charge is 2.09. The van der Waals surface area contributed by atoms with Gasteiger partial charge in [0.25, 0.3) is 5.91 Å². The van der Waals surface area contributed by atoms with E-state index in [1.54, 1.807) is 24.3 Å². The van der Waals surface area contributed by atoms with Gasteiger partial charge in [-0.2, -0.15) is 0 Å². The van der Waals surface area contributed by atoms with E-state index in [0.717, 1.165) is 17.8 Å². The van der Waals surface area contributed by atoms with E-state index in [9.17, 15) is 9.59 Å². The zero-order valence-corrected chi connectivity index (χ0v) is 10.4. The van der Waals surface area contributed by atoms with Gasteiger partial charge in [-0.25, -0.2) is 5.84 Å². The van der Waals surface area contributed by atoms with E-state index < -0.39 is 5.91 Å². The summed E-state index contributed by atoms with van der Waals surface area (Å²) in [7, 11) is 0. The Morgan fingerprint density at radius 3 is 2.72 bits per heavy atom. The van der Waals surface area contributed by atoms with E-state index in [1.165, 1.54) is 0 Å². The van der Waals surface area contributed by atoms with Crippen molar-refractivity contribution in [1.29, 1.82) is 0 Å². The number of aromatic nitrogens is 1. The average molecular weight is 245 g/mol. The molecule has 0 fully saturated rings. The molecular formula is C13H15N3O2. The third-order valence-corrected chi connectivity index (χ3v) is 3.03. The number of nitrogens with zero attached hydrogens (tertiary/aromatic N) is 1. The Labute approximate surface area is 104 Å². The van der Waals surface area contributed by atoms with Crippen LogP contribution in [0.3, 0.4) is 0 Å². The second-order valence-electron chi connectivity index (χ2n) is 4.10. The van der Waals surface area contributed by atoms with E-state index in [1.807, 2.05) is 18.4 Å². The summed E-state index contributed by atoms with van der Waals surface area (Å²) < 4.78 is 2.03. The average Bonchev–Trinajstić information content (AvgIpc) is 2.38. The molecule has 5 heteroatoms.